The van der Waals surface area contributed by atoms with Crippen LogP contribution in [0.15, 0.2) is 42.5 Å². The first-order valence-electron chi connectivity index (χ1n) is 7.77. The Labute approximate surface area is 159 Å². The van der Waals surface area contributed by atoms with Crippen molar-refractivity contribution in [3.63, 3.8) is 0 Å². The summed E-state index contributed by atoms with van der Waals surface area (Å²) in [6, 6.07) is 13.6. The first-order valence-corrected chi connectivity index (χ1v) is 8.77. The van der Waals surface area contributed by atoms with Crippen molar-refractivity contribution in [2.75, 3.05) is 6.61 Å². The van der Waals surface area contributed by atoms with Gasteiger partial charge in [0.1, 0.15) is 5.75 Å². The third-order valence-corrected chi connectivity index (χ3v) is 4.62. The summed E-state index contributed by atoms with van der Waals surface area (Å²) >= 11 is 0. The van der Waals surface area contributed by atoms with Gasteiger partial charge in [-0.05, 0) is 64.8 Å². The molecule has 0 radical (unpaired) electrons. The molecule has 2 rings (SSSR count). The Hall–Kier alpha value is -1.10. The Balaban J connectivity index is 0.00000288. The van der Waals surface area contributed by atoms with Gasteiger partial charge in [-0.15, -0.1) is 0 Å². The predicted octanol–water partition coefficient (Wildman–Crippen LogP) is 1.33. The zero-order chi connectivity index (χ0) is 16.8. The summed E-state index contributed by atoms with van der Waals surface area (Å²) in [4.78, 5) is 12.6. The minimum Gasteiger partial charge on any atom is -1.00 e. The molecule has 0 fully saturated rings. The first-order chi connectivity index (χ1) is 11.0. The zero-order valence-electron chi connectivity index (χ0n) is 16.1. The molecule has 0 bridgehead atoms. The third kappa shape index (κ3) is 5.76. The quantitative estimate of drug-likeness (QED) is 0.434. The van der Waals surface area contributed by atoms with Crippen LogP contribution >= 0.6 is 8.58 Å². The summed E-state index contributed by atoms with van der Waals surface area (Å²) in [6.07, 6.45) is -0.274. The molecular formula is C19H24LiO3P. The number of benzene rings is 2. The molecular weight excluding hydrogens is 314 g/mol. The number of carbonyl (C=O) groups excluding carboxylic acids is 1. The molecule has 2 atom stereocenters. The monoisotopic (exact) mass is 338 g/mol. The van der Waals surface area contributed by atoms with Crippen LogP contribution < -0.4 is 28.9 Å². The Morgan fingerprint density at radius 2 is 1.71 bits per heavy atom. The van der Waals surface area contributed by atoms with Gasteiger partial charge in [0.25, 0.3) is 0 Å². The van der Waals surface area contributed by atoms with Gasteiger partial charge >= 0.3 is 18.9 Å². The van der Waals surface area contributed by atoms with E-state index in [1.54, 1.807) is 0 Å². The van der Waals surface area contributed by atoms with Crippen molar-refractivity contribution in [1.29, 1.82) is 0 Å². The molecule has 0 saturated heterocycles. The van der Waals surface area contributed by atoms with E-state index in [9.17, 15) is 4.79 Å². The number of hydrogen-bond donors (Lipinski definition) is 0. The molecule has 124 valence electrons. The first kappa shape index (κ1) is 20.9. The van der Waals surface area contributed by atoms with Crippen LogP contribution in [0.25, 0.3) is 0 Å². The van der Waals surface area contributed by atoms with Gasteiger partial charge in [0.15, 0.2) is 11.8 Å². The van der Waals surface area contributed by atoms with Crippen molar-refractivity contribution < 1.29 is 34.6 Å². The minimum atomic E-state index is -0.274. The predicted molar refractivity (Wildman–Crippen MR) is 97.5 cm³/mol. The number of aryl methyl sites for hydroxylation is 2. The van der Waals surface area contributed by atoms with E-state index >= 15 is 0 Å². The average molecular weight is 338 g/mol. The third-order valence-electron chi connectivity index (χ3n) is 3.52. The molecule has 0 amide bonds. The van der Waals surface area contributed by atoms with E-state index in [2.05, 4.69) is 0 Å². The second-order valence-electron chi connectivity index (χ2n) is 5.39. The summed E-state index contributed by atoms with van der Waals surface area (Å²) in [7, 11) is 0.115. The topological polar surface area (TPSA) is 35.5 Å². The maximum atomic E-state index is 12.6. The van der Waals surface area contributed by atoms with Crippen LogP contribution in [0.3, 0.4) is 0 Å². The van der Waals surface area contributed by atoms with E-state index in [1.807, 2.05) is 70.2 Å². The van der Waals surface area contributed by atoms with E-state index in [0.717, 1.165) is 27.7 Å². The SMILES string of the molecule is CCOC(C)Oc1ccc(PC(=O)c2c(C)cccc2C)cc1.[H-].[Li+]. The van der Waals surface area contributed by atoms with Crippen molar-refractivity contribution in [2.24, 2.45) is 0 Å². The molecule has 0 aliphatic rings. The van der Waals surface area contributed by atoms with Crippen LogP contribution in [0.5, 0.6) is 5.75 Å². The van der Waals surface area contributed by atoms with Gasteiger partial charge in [0.2, 0.25) is 0 Å². The molecule has 0 aliphatic heterocycles. The molecule has 0 spiro atoms. The van der Waals surface area contributed by atoms with E-state index < -0.39 is 0 Å². The molecule has 24 heavy (non-hydrogen) atoms. The van der Waals surface area contributed by atoms with Gasteiger partial charge in [-0.1, -0.05) is 30.3 Å². The van der Waals surface area contributed by atoms with Crippen LogP contribution in [-0.2, 0) is 4.74 Å². The zero-order valence-corrected chi connectivity index (χ0v) is 16.1. The molecule has 0 aliphatic carbocycles. The normalized spacial score (nSPS) is 12.0. The second kappa shape index (κ2) is 10.0. The number of hydrogen-bond acceptors (Lipinski definition) is 3. The molecule has 0 saturated carbocycles. The van der Waals surface area contributed by atoms with Crippen molar-refractivity contribution in [3.05, 3.63) is 59.2 Å². The summed E-state index contributed by atoms with van der Waals surface area (Å²) < 4.78 is 11.0. The second-order valence-corrected chi connectivity index (χ2v) is 6.67. The van der Waals surface area contributed by atoms with E-state index in [1.165, 1.54) is 0 Å². The average Bonchev–Trinajstić information content (AvgIpc) is 2.49. The molecule has 5 heteroatoms. The van der Waals surface area contributed by atoms with Crippen molar-refractivity contribution >= 4 is 19.4 Å². The summed E-state index contributed by atoms with van der Waals surface area (Å²) in [5, 5.41) is 1.01. The van der Waals surface area contributed by atoms with Gasteiger partial charge in [-0.25, -0.2) is 0 Å². The van der Waals surface area contributed by atoms with Gasteiger partial charge < -0.3 is 10.9 Å². The smallest absolute Gasteiger partial charge is 1.00 e. The van der Waals surface area contributed by atoms with Gasteiger partial charge in [0, 0.05) is 12.2 Å². The standard InChI is InChI=1S/C19H23O3P.Li.H/c1-5-21-15(4)22-16-9-11-17(12-10-16)23-19(20)18-13(2)7-6-8-14(18)3;;/h6-12,15,23H,5H2,1-4H3;;/q;+1;-1. The largest absolute Gasteiger partial charge is 1.00 e. The Kier molecular flexibility index (Phi) is 8.74. The van der Waals surface area contributed by atoms with Crippen LogP contribution in [-0.4, -0.2) is 18.4 Å². The summed E-state index contributed by atoms with van der Waals surface area (Å²) in [5.41, 5.74) is 3.09. The maximum Gasteiger partial charge on any atom is 1.00 e. The molecule has 0 N–H and O–H groups in total. The van der Waals surface area contributed by atoms with Gasteiger partial charge in [0.05, 0.1) is 0 Å². The summed E-state index contributed by atoms with van der Waals surface area (Å²) in [5.74, 6) is 0.749. The van der Waals surface area contributed by atoms with Crippen LogP contribution in [0.4, 0.5) is 0 Å². The molecule has 2 aromatic rings. The number of ether oxygens (including phenoxy) is 2. The van der Waals surface area contributed by atoms with E-state index in [-0.39, 0.29) is 40.7 Å². The Morgan fingerprint density at radius 1 is 1.12 bits per heavy atom. The number of rotatable bonds is 7. The van der Waals surface area contributed by atoms with Crippen LogP contribution in [0.1, 0.15) is 36.8 Å². The minimum absolute atomic E-state index is 0. The molecule has 2 aromatic carbocycles. The Bertz CT molecular complexity index is 657. The fourth-order valence-corrected chi connectivity index (χ4v) is 3.56. The van der Waals surface area contributed by atoms with Gasteiger partial charge in [-0.3, -0.25) is 4.79 Å². The van der Waals surface area contributed by atoms with E-state index in [0.29, 0.717) is 6.61 Å². The van der Waals surface area contributed by atoms with Crippen LogP contribution in [0, 0.1) is 13.8 Å². The van der Waals surface area contributed by atoms with Crippen LogP contribution in [0.2, 0.25) is 0 Å². The maximum absolute atomic E-state index is 12.6. The Morgan fingerprint density at radius 3 is 2.25 bits per heavy atom. The summed E-state index contributed by atoms with van der Waals surface area (Å²) in [6.45, 7) is 8.38. The molecule has 2 unspecified atom stereocenters. The van der Waals surface area contributed by atoms with Crippen molar-refractivity contribution in [2.45, 2.75) is 34.0 Å². The number of carbonyl (C=O) groups is 1. The van der Waals surface area contributed by atoms with Gasteiger partial charge in [-0.2, -0.15) is 0 Å². The van der Waals surface area contributed by atoms with Crippen molar-refractivity contribution in [3.8, 4) is 5.75 Å². The molecule has 3 nitrogen and oxygen atoms in total. The van der Waals surface area contributed by atoms with Crippen molar-refractivity contribution in [1.82, 2.24) is 0 Å². The fraction of sp³-hybridized carbons (Fsp3) is 0.316. The van der Waals surface area contributed by atoms with E-state index in [4.69, 9.17) is 9.47 Å². The fourth-order valence-electron chi connectivity index (χ4n) is 2.44. The molecule has 0 aromatic heterocycles. The molecule has 0 heterocycles.